The van der Waals surface area contributed by atoms with Gasteiger partial charge in [-0.05, 0) is 22.9 Å². The van der Waals surface area contributed by atoms with Crippen LogP contribution >= 0.6 is 11.6 Å². The van der Waals surface area contributed by atoms with Crippen LogP contribution in [0.5, 0.6) is 0 Å². The van der Waals surface area contributed by atoms with Crippen LogP contribution in [-0.4, -0.2) is 4.98 Å². The maximum absolute atomic E-state index is 11.7. The van der Waals surface area contributed by atoms with Gasteiger partial charge in [0.2, 0.25) is 0 Å². The first-order valence-corrected chi connectivity index (χ1v) is 5.87. The first-order valence-electron chi connectivity index (χ1n) is 5.34. The van der Waals surface area contributed by atoms with Gasteiger partial charge in [-0.1, -0.05) is 32.0 Å². The van der Waals surface area contributed by atoms with Crippen molar-refractivity contribution in [1.82, 2.24) is 4.98 Å². The largest absolute Gasteiger partial charge is 0.321 e. The molecule has 3 heteroatoms. The maximum atomic E-state index is 11.7. The number of hydrogen-bond donors (Lipinski definition) is 1. The van der Waals surface area contributed by atoms with E-state index in [1.54, 1.807) is 0 Å². The molecule has 84 valence electrons. The number of para-hydroxylation sites is 1. The molecule has 0 aliphatic heterocycles. The van der Waals surface area contributed by atoms with Crippen LogP contribution < -0.4 is 5.56 Å². The lowest BCUT2D eigenvalue weighted by atomic mass is 9.99. The summed E-state index contributed by atoms with van der Waals surface area (Å²) in [5, 5.41) is 1.04. The van der Waals surface area contributed by atoms with Gasteiger partial charge in [0.25, 0.3) is 5.56 Å². The molecule has 0 aliphatic carbocycles. The molecule has 2 aromatic rings. The van der Waals surface area contributed by atoms with E-state index in [9.17, 15) is 4.79 Å². The van der Waals surface area contributed by atoms with Crippen molar-refractivity contribution in [2.45, 2.75) is 25.6 Å². The first kappa shape index (κ1) is 11.2. The molecule has 0 saturated heterocycles. The third kappa shape index (κ3) is 1.85. The Labute approximate surface area is 99.3 Å². The van der Waals surface area contributed by atoms with E-state index in [1.165, 1.54) is 0 Å². The minimum atomic E-state index is -0.0874. The Morgan fingerprint density at radius 3 is 2.75 bits per heavy atom. The van der Waals surface area contributed by atoms with Gasteiger partial charge in [0.15, 0.2) is 0 Å². The van der Waals surface area contributed by atoms with Gasteiger partial charge in [-0.25, -0.2) is 0 Å². The zero-order chi connectivity index (χ0) is 11.7. The van der Waals surface area contributed by atoms with Crippen molar-refractivity contribution in [3.05, 3.63) is 45.7 Å². The molecule has 0 fully saturated rings. The Morgan fingerprint density at radius 1 is 1.38 bits per heavy atom. The second kappa shape index (κ2) is 4.30. The third-order valence-electron chi connectivity index (χ3n) is 2.75. The number of pyridine rings is 1. The molecular weight excluding hydrogens is 222 g/mol. The predicted molar refractivity (Wildman–Crippen MR) is 68.2 cm³/mol. The van der Waals surface area contributed by atoms with Crippen LogP contribution in [0.4, 0.5) is 0 Å². The van der Waals surface area contributed by atoms with E-state index in [-0.39, 0.29) is 11.4 Å². The molecule has 0 radical (unpaired) electrons. The average Bonchev–Trinajstić information content (AvgIpc) is 2.27. The van der Waals surface area contributed by atoms with Gasteiger partial charge >= 0.3 is 0 Å². The average molecular weight is 236 g/mol. The number of halogens is 1. The molecule has 1 aromatic heterocycles. The number of benzene rings is 1. The van der Waals surface area contributed by atoms with Crippen molar-refractivity contribution in [1.29, 1.82) is 0 Å². The van der Waals surface area contributed by atoms with Gasteiger partial charge in [-0.2, -0.15) is 0 Å². The van der Waals surface area contributed by atoms with E-state index >= 15 is 0 Å². The number of hydrogen-bond acceptors (Lipinski definition) is 1. The van der Waals surface area contributed by atoms with Crippen LogP contribution in [0.25, 0.3) is 10.9 Å². The molecule has 0 unspecified atom stereocenters. The fourth-order valence-electron chi connectivity index (χ4n) is 1.88. The van der Waals surface area contributed by atoms with Crippen LogP contribution in [0.15, 0.2) is 29.1 Å². The molecule has 0 bridgehead atoms. The van der Waals surface area contributed by atoms with Crippen LogP contribution in [0.1, 0.15) is 30.9 Å². The molecule has 2 nitrogen and oxygen atoms in total. The number of fused-ring (bicyclic) bond motifs is 1. The predicted octanol–water partition coefficient (Wildman–Crippen LogP) is 3.39. The van der Waals surface area contributed by atoms with Crippen molar-refractivity contribution in [2.75, 3.05) is 0 Å². The van der Waals surface area contributed by atoms with E-state index in [0.717, 1.165) is 16.5 Å². The number of alkyl halides is 1. The van der Waals surface area contributed by atoms with Crippen molar-refractivity contribution in [3.8, 4) is 0 Å². The molecule has 0 amide bonds. The number of aromatic amines is 1. The Balaban J connectivity index is 2.80. The minimum Gasteiger partial charge on any atom is -0.321 e. The Kier molecular flexibility index (Phi) is 3.01. The Morgan fingerprint density at radius 2 is 2.12 bits per heavy atom. The number of rotatable bonds is 2. The molecule has 2 rings (SSSR count). The standard InChI is InChI=1S/C13H14ClNO/c1-8(2)11-5-3-4-9-6-10(7-14)13(16)15-12(9)11/h3-6,8H,7H2,1-2H3,(H,15,16). The van der Waals surface area contributed by atoms with Crippen LogP contribution in [0.3, 0.4) is 0 Å². The normalized spacial score (nSPS) is 11.2. The summed E-state index contributed by atoms with van der Waals surface area (Å²) in [5.41, 5.74) is 2.62. The van der Waals surface area contributed by atoms with Gasteiger partial charge in [-0.15, -0.1) is 11.6 Å². The molecule has 0 saturated carbocycles. The number of aromatic nitrogens is 1. The molecule has 0 spiro atoms. The van der Waals surface area contributed by atoms with E-state index in [0.29, 0.717) is 11.5 Å². The highest BCUT2D eigenvalue weighted by atomic mass is 35.5. The fraction of sp³-hybridized carbons (Fsp3) is 0.308. The highest BCUT2D eigenvalue weighted by Gasteiger charge is 2.07. The summed E-state index contributed by atoms with van der Waals surface area (Å²) >= 11 is 5.71. The van der Waals surface area contributed by atoms with E-state index in [2.05, 4.69) is 18.8 Å². The van der Waals surface area contributed by atoms with Crippen LogP contribution in [0.2, 0.25) is 0 Å². The van der Waals surface area contributed by atoms with Gasteiger partial charge in [0, 0.05) is 5.56 Å². The molecule has 16 heavy (non-hydrogen) atoms. The zero-order valence-electron chi connectivity index (χ0n) is 9.38. The smallest absolute Gasteiger partial charge is 0.252 e. The Bertz CT molecular complexity index is 572. The second-order valence-corrected chi connectivity index (χ2v) is 4.49. The summed E-state index contributed by atoms with van der Waals surface area (Å²) < 4.78 is 0. The monoisotopic (exact) mass is 235 g/mol. The van der Waals surface area contributed by atoms with Crippen molar-refractivity contribution in [2.24, 2.45) is 0 Å². The Hall–Kier alpha value is -1.28. The highest BCUT2D eigenvalue weighted by Crippen LogP contribution is 2.23. The number of nitrogens with one attached hydrogen (secondary N) is 1. The third-order valence-corrected chi connectivity index (χ3v) is 3.04. The van der Waals surface area contributed by atoms with Gasteiger partial charge in [0.1, 0.15) is 0 Å². The summed E-state index contributed by atoms with van der Waals surface area (Å²) in [6.07, 6.45) is 0. The molecule has 1 aromatic carbocycles. The van der Waals surface area contributed by atoms with Crippen LogP contribution in [-0.2, 0) is 5.88 Å². The minimum absolute atomic E-state index is 0.0874. The molecule has 1 heterocycles. The summed E-state index contributed by atoms with van der Waals surface area (Å²) in [4.78, 5) is 14.6. The molecule has 0 atom stereocenters. The van der Waals surface area contributed by atoms with Gasteiger partial charge in [-0.3, -0.25) is 4.79 Å². The van der Waals surface area contributed by atoms with E-state index < -0.39 is 0 Å². The lowest BCUT2D eigenvalue weighted by molar-refractivity contribution is 0.872. The topological polar surface area (TPSA) is 32.9 Å². The number of H-pyrrole nitrogens is 1. The van der Waals surface area contributed by atoms with Gasteiger partial charge in [0.05, 0.1) is 11.4 Å². The summed E-state index contributed by atoms with van der Waals surface area (Å²) in [6.45, 7) is 4.23. The summed E-state index contributed by atoms with van der Waals surface area (Å²) in [6, 6.07) is 7.91. The molecule has 0 aliphatic rings. The van der Waals surface area contributed by atoms with Crippen molar-refractivity contribution in [3.63, 3.8) is 0 Å². The van der Waals surface area contributed by atoms with Crippen LogP contribution in [0, 0.1) is 0 Å². The van der Waals surface area contributed by atoms with E-state index in [4.69, 9.17) is 11.6 Å². The summed E-state index contributed by atoms with van der Waals surface area (Å²) in [7, 11) is 0. The fourth-order valence-corrected chi connectivity index (χ4v) is 2.08. The van der Waals surface area contributed by atoms with E-state index in [1.807, 2.05) is 24.3 Å². The lowest BCUT2D eigenvalue weighted by Crippen LogP contribution is -2.11. The maximum Gasteiger partial charge on any atom is 0.252 e. The quantitative estimate of drug-likeness (QED) is 0.796. The van der Waals surface area contributed by atoms with Crippen molar-refractivity contribution >= 4 is 22.5 Å². The molecule has 1 N–H and O–H groups in total. The SMILES string of the molecule is CC(C)c1cccc2cc(CCl)c(=O)[nH]c12. The van der Waals surface area contributed by atoms with Crippen molar-refractivity contribution < 1.29 is 0 Å². The van der Waals surface area contributed by atoms with Gasteiger partial charge < -0.3 is 4.98 Å². The first-order chi connectivity index (χ1) is 7.63. The highest BCUT2D eigenvalue weighted by molar-refractivity contribution is 6.17. The summed E-state index contributed by atoms with van der Waals surface area (Å²) in [5.74, 6) is 0.637. The second-order valence-electron chi connectivity index (χ2n) is 4.22. The lowest BCUT2D eigenvalue weighted by Gasteiger charge is -2.10. The molecular formula is C13H14ClNO. The zero-order valence-corrected chi connectivity index (χ0v) is 10.1.